The largest absolute Gasteiger partial charge is 0.359 e. The molecular weight excluding hydrogens is 348 g/mol. The summed E-state index contributed by atoms with van der Waals surface area (Å²) in [5.41, 5.74) is 0.839. The number of rotatable bonds is 7. The second-order valence-corrected chi connectivity index (χ2v) is 7.67. The van der Waals surface area contributed by atoms with Crippen LogP contribution in [0.25, 0.3) is 0 Å². The van der Waals surface area contributed by atoms with Crippen molar-refractivity contribution >= 4 is 17.7 Å². The SMILES string of the molecule is CC(C)c1cc(CN2C(=O)CN(CCCN3CCCC3=O)C(=O)[C@@H]2C)on1. The van der Waals surface area contributed by atoms with Crippen LogP contribution in [0.15, 0.2) is 10.6 Å². The topological polar surface area (TPSA) is 87.0 Å². The highest BCUT2D eigenvalue weighted by Gasteiger charge is 2.37. The second kappa shape index (κ2) is 8.10. The van der Waals surface area contributed by atoms with Crippen molar-refractivity contribution in [3.05, 3.63) is 17.5 Å². The Kier molecular flexibility index (Phi) is 5.82. The molecule has 0 aromatic carbocycles. The number of nitrogens with zero attached hydrogens (tertiary/aromatic N) is 4. The van der Waals surface area contributed by atoms with Crippen LogP contribution in [0.1, 0.15) is 57.4 Å². The Morgan fingerprint density at radius 3 is 2.56 bits per heavy atom. The highest BCUT2D eigenvalue weighted by atomic mass is 16.5. The molecule has 0 N–H and O–H groups in total. The van der Waals surface area contributed by atoms with Gasteiger partial charge in [0.2, 0.25) is 17.7 Å². The molecule has 0 bridgehead atoms. The zero-order valence-electron chi connectivity index (χ0n) is 16.3. The van der Waals surface area contributed by atoms with Gasteiger partial charge in [0.1, 0.15) is 6.04 Å². The maximum atomic E-state index is 12.7. The van der Waals surface area contributed by atoms with Crippen molar-refractivity contribution in [3.8, 4) is 0 Å². The molecule has 148 valence electrons. The van der Waals surface area contributed by atoms with Crippen molar-refractivity contribution in [2.24, 2.45) is 0 Å². The van der Waals surface area contributed by atoms with Gasteiger partial charge in [-0.1, -0.05) is 19.0 Å². The van der Waals surface area contributed by atoms with E-state index in [1.807, 2.05) is 24.8 Å². The molecule has 3 heterocycles. The van der Waals surface area contributed by atoms with Crippen molar-refractivity contribution in [2.75, 3.05) is 26.2 Å². The normalized spacial score (nSPS) is 21.1. The fraction of sp³-hybridized carbons (Fsp3) is 0.684. The van der Waals surface area contributed by atoms with E-state index in [9.17, 15) is 14.4 Å². The Labute approximate surface area is 159 Å². The lowest BCUT2D eigenvalue weighted by atomic mass is 10.1. The summed E-state index contributed by atoms with van der Waals surface area (Å²) < 4.78 is 5.31. The van der Waals surface area contributed by atoms with Crippen LogP contribution in [0.5, 0.6) is 0 Å². The molecule has 1 atom stereocenters. The highest BCUT2D eigenvalue weighted by Crippen LogP contribution is 2.20. The lowest BCUT2D eigenvalue weighted by Crippen LogP contribution is -2.58. The monoisotopic (exact) mass is 376 g/mol. The van der Waals surface area contributed by atoms with Crippen LogP contribution >= 0.6 is 0 Å². The molecule has 2 fully saturated rings. The zero-order valence-corrected chi connectivity index (χ0v) is 16.3. The summed E-state index contributed by atoms with van der Waals surface area (Å²) in [6.45, 7) is 8.05. The molecular formula is C19H28N4O4. The average Bonchev–Trinajstić information content (AvgIpc) is 3.25. The van der Waals surface area contributed by atoms with Crippen LogP contribution in [-0.2, 0) is 20.9 Å². The first-order chi connectivity index (χ1) is 12.9. The van der Waals surface area contributed by atoms with Gasteiger partial charge in [-0.25, -0.2) is 0 Å². The molecule has 0 radical (unpaired) electrons. The second-order valence-electron chi connectivity index (χ2n) is 7.67. The van der Waals surface area contributed by atoms with E-state index in [1.165, 1.54) is 0 Å². The van der Waals surface area contributed by atoms with Gasteiger partial charge in [-0.2, -0.15) is 0 Å². The Bertz CT molecular complexity index is 714. The van der Waals surface area contributed by atoms with Gasteiger partial charge in [0.05, 0.1) is 18.8 Å². The number of aromatic nitrogens is 1. The van der Waals surface area contributed by atoms with Crippen LogP contribution in [0, 0.1) is 0 Å². The van der Waals surface area contributed by atoms with Crippen LogP contribution in [0.4, 0.5) is 0 Å². The lowest BCUT2D eigenvalue weighted by molar-refractivity contribution is -0.156. The molecule has 1 aromatic rings. The summed E-state index contributed by atoms with van der Waals surface area (Å²) >= 11 is 0. The maximum Gasteiger partial charge on any atom is 0.245 e. The first-order valence-electron chi connectivity index (χ1n) is 9.68. The standard InChI is InChI=1S/C19H28N4O4/c1-13(2)16-10-15(27-20-16)11-23-14(3)19(26)22(12-18(23)25)9-5-8-21-7-4-6-17(21)24/h10,13-14H,4-9,11-12H2,1-3H3/t14-/m0/s1. The fourth-order valence-electron chi connectivity index (χ4n) is 3.60. The fourth-order valence-corrected chi connectivity index (χ4v) is 3.60. The number of piperazine rings is 1. The summed E-state index contributed by atoms with van der Waals surface area (Å²) in [6.07, 6.45) is 2.22. The van der Waals surface area contributed by atoms with Crippen LogP contribution in [0.3, 0.4) is 0 Å². The molecule has 0 spiro atoms. The van der Waals surface area contributed by atoms with Gasteiger partial charge in [0, 0.05) is 32.1 Å². The molecule has 2 aliphatic heterocycles. The van der Waals surface area contributed by atoms with E-state index in [0.29, 0.717) is 31.7 Å². The molecule has 2 saturated heterocycles. The number of carbonyl (C=O) groups excluding carboxylic acids is 3. The number of likely N-dealkylation sites (tertiary alicyclic amines) is 1. The van der Waals surface area contributed by atoms with E-state index in [4.69, 9.17) is 4.52 Å². The van der Waals surface area contributed by atoms with Crippen LogP contribution in [0.2, 0.25) is 0 Å². The lowest BCUT2D eigenvalue weighted by Gasteiger charge is -2.38. The van der Waals surface area contributed by atoms with Gasteiger partial charge >= 0.3 is 0 Å². The van der Waals surface area contributed by atoms with E-state index in [-0.39, 0.29) is 36.7 Å². The van der Waals surface area contributed by atoms with Gasteiger partial charge < -0.3 is 19.2 Å². The smallest absolute Gasteiger partial charge is 0.245 e. The molecule has 2 aliphatic rings. The highest BCUT2D eigenvalue weighted by molar-refractivity contribution is 5.94. The Hall–Kier alpha value is -2.38. The van der Waals surface area contributed by atoms with Gasteiger partial charge in [-0.05, 0) is 25.7 Å². The minimum Gasteiger partial charge on any atom is -0.359 e. The van der Waals surface area contributed by atoms with E-state index in [2.05, 4.69) is 5.16 Å². The summed E-state index contributed by atoms with van der Waals surface area (Å²) in [7, 11) is 0. The van der Waals surface area contributed by atoms with Crippen molar-refractivity contribution in [3.63, 3.8) is 0 Å². The predicted octanol–water partition coefficient (Wildman–Crippen LogP) is 1.37. The third kappa shape index (κ3) is 4.31. The maximum absolute atomic E-state index is 12.7. The minimum absolute atomic E-state index is 0.0639. The first kappa shape index (κ1) is 19.4. The van der Waals surface area contributed by atoms with Crippen molar-refractivity contribution < 1.29 is 18.9 Å². The number of carbonyl (C=O) groups is 3. The van der Waals surface area contributed by atoms with Gasteiger partial charge in [-0.15, -0.1) is 0 Å². The Balaban J connectivity index is 1.54. The molecule has 0 saturated carbocycles. The number of hydrogen-bond acceptors (Lipinski definition) is 5. The molecule has 1 aromatic heterocycles. The van der Waals surface area contributed by atoms with Crippen LogP contribution < -0.4 is 0 Å². The molecule has 27 heavy (non-hydrogen) atoms. The minimum atomic E-state index is -0.535. The first-order valence-corrected chi connectivity index (χ1v) is 9.68. The summed E-state index contributed by atoms with van der Waals surface area (Å²) in [5.74, 6) is 0.862. The molecule has 3 rings (SSSR count). The van der Waals surface area contributed by atoms with E-state index in [1.54, 1.807) is 16.7 Å². The quantitative estimate of drug-likeness (QED) is 0.717. The number of amides is 3. The molecule has 8 heteroatoms. The zero-order chi connectivity index (χ0) is 19.6. The van der Waals surface area contributed by atoms with Gasteiger partial charge in [-0.3, -0.25) is 14.4 Å². The predicted molar refractivity (Wildman–Crippen MR) is 97.6 cm³/mol. The Morgan fingerprint density at radius 2 is 1.93 bits per heavy atom. The van der Waals surface area contributed by atoms with Crippen molar-refractivity contribution in [1.82, 2.24) is 19.9 Å². The van der Waals surface area contributed by atoms with Crippen molar-refractivity contribution in [1.29, 1.82) is 0 Å². The molecule has 0 aliphatic carbocycles. The van der Waals surface area contributed by atoms with Gasteiger partial charge in [0.15, 0.2) is 5.76 Å². The molecule has 0 unspecified atom stereocenters. The molecule has 8 nitrogen and oxygen atoms in total. The molecule has 3 amide bonds. The van der Waals surface area contributed by atoms with Crippen LogP contribution in [-0.4, -0.2) is 69.8 Å². The van der Waals surface area contributed by atoms with Gasteiger partial charge in [0.25, 0.3) is 0 Å². The third-order valence-corrected chi connectivity index (χ3v) is 5.31. The summed E-state index contributed by atoms with van der Waals surface area (Å²) in [4.78, 5) is 41.9. The number of hydrogen-bond donors (Lipinski definition) is 0. The van der Waals surface area contributed by atoms with E-state index >= 15 is 0 Å². The summed E-state index contributed by atoms with van der Waals surface area (Å²) in [5, 5.41) is 4.01. The Morgan fingerprint density at radius 1 is 1.19 bits per heavy atom. The van der Waals surface area contributed by atoms with E-state index < -0.39 is 6.04 Å². The third-order valence-electron chi connectivity index (χ3n) is 5.31. The van der Waals surface area contributed by atoms with E-state index in [0.717, 1.165) is 18.7 Å². The van der Waals surface area contributed by atoms with Crippen molar-refractivity contribution in [2.45, 2.75) is 58.5 Å². The average molecular weight is 376 g/mol. The summed E-state index contributed by atoms with van der Waals surface area (Å²) in [6, 6.07) is 1.31.